The van der Waals surface area contributed by atoms with E-state index >= 15 is 0 Å². The first-order chi connectivity index (χ1) is 12.5. The van der Waals surface area contributed by atoms with Crippen molar-refractivity contribution < 1.29 is 4.74 Å². The quantitative estimate of drug-likeness (QED) is 0.503. The van der Waals surface area contributed by atoms with Crippen molar-refractivity contribution in [2.45, 2.75) is 32.0 Å². The molecule has 0 saturated carbocycles. The number of hydrogen-bond donors (Lipinski definition) is 0. The molecule has 1 atom stereocenters. The fourth-order valence-electron chi connectivity index (χ4n) is 3.98. The van der Waals surface area contributed by atoms with Crippen molar-refractivity contribution in [1.29, 1.82) is 0 Å². The predicted octanol–water partition coefficient (Wildman–Crippen LogP) is 5.88. The minimum atomic E-state index is -0.468. The van der Waals surface area contributed by atoms with Gasteiger partial charge in [0.15, 0.2) is 5.72 Å². The summed E-state index contributed by atoms with van der Waals surface area (Å²) < 4.78 is 7.31. The Balaban J connectivity index is 1.59. The first kappa shape index (κ1) is 15.9. The molecular formula is C22H19BrN2O. The van der Waals surface area contributed by atoms with E-state index in [-0.39, 0.29) is 6.04 Å². The zero-order valence-electron chi connectivity index (χ0n) is 14.7. The molecule has 0 saturated heterocycles. The van der Waals surface area contributed by atoms with E-state index in [0.717, 1.165) is 22.4 Å². The molecule has 0 fully saturated rings. The molecule has 26 heavy (non-hydrogen) atoms. The molecule has 0 bridgehead atoms. The van der Waals surface area contributed by atoms with E-state index in [0.29, 0.717) is 0 Å². The Hall–Kier alpha value is -2.33. The van der Waals surface area contributed by atoms with Crippen LogP contribution >= 0.6 is 15.9 Å². The van der Waals surface area contributed by atoms with E-state index < -0.39 is 5.72 Å². The lowest BCUT2D eigenvalue weighted by Crippen LogP contribution is -2.48. The molecule has 3 aromatic carbocycles. The minimum absolute atomic E-state index is 0.202. The van der Waals surface area contributed by atoms with Crippen LogP contribution in [0.15, 0.2) is 70.2 Å². The van der Waals surface area contributed by atoms with Crippen molar-refractivity contribution in [2.24, 2.45) is 5.10 Å². The second-order valence-corrected chi connectivity index (χ2v) is 8.32. The van der Waals surface area contributed by atoms with Crippen molar-refractivity contribution >= 4 is 32.4 Å². The van der Waals surface area contributed by atoms with Crippen LogP contribution < -0.4 is 4.74 Å². The molecule has 3 nitrogen and oxygen atoms in total. The zero-order chi connectivity index (χ0) is 17.9. The molecule has 0 spiro atoms. The molecule has 2 heterocycles. The second kappa shape index (κ2) is 5.58. The molecule has 2 aliphatic heterocycles. The van der Waals surface area contributed by atoms with Crippen LogP contribution in [0.25, 0.3) is 10.8 Å². The lowest BCUT2D eigenvalue weighted by Gasteiger charge is -2.43. The van der Waals surface area contributed by atoms with Crippen LogP contribution in [0.3, 0.4) is 0 Å². The van der Waals surface area contributed by atoms with E-state index in [1.807, 2.05) is 12.1 Å². The van der Waals surface area contributed by atoms with Crippen molar-refractivity contribution in [3.63, 3.8) is 0 Å². The summed E-state index contributed by atoms with van der Waals surface area (Å²) in [5.74, 6) is 0.953. The van der Waals surface area contributed by atoms with Crippen LogP contribution in [0.4, 0.5) is 0 Å². The Morgan fingerprint density at radius 1 is 1.04 bits per heavy atom. The first-order valence-electron chi connectivity index (χ1n) is 8.86. The largest absolute Gasteiger partial charge is 0.467 e. The Labute approximate surface area is 161 Å². The van der Waals surface area contributed by atoms with E-state index in [2.05, 4.69) is 83.3 Å². The second-order valence-electron chi connectivity index (χ2n) is 7.40. The van der Waals surface area contributed by atoms with Crippen LogP contribution in [0.5, 0.6) is 5.75 Å². The van der Waals surface area contributed by atoms with Gasteiger partial charge in [0.2, 0.25) is 0 Å². The third kappa shape index (κ3) is 2.43. The Bertz CT molecular complexity index is 1060. The lowest BCUT2D eigenvalue weighted by molar-refractivity contribution is -0.0911. The summed E-state index contributed by atoms with van der Waals surface area (Å²) in [4.78, 5) is 0. The highest BCUT2D eigenvalue weighted by molar-refractivity contribution is 9.10. The van der Waals surface area contributed by atoms with Crippen molar-refractivity contribution in [1.82, 2.24) is 5.01 Å². The lowest BCUT2D eigenvalue weighted by atomic mass is 9.94. The van der Waals surface area contributed by atoms with Crippen molar-refractivity contribution in [2.75, 3.05) is 0 Å². The summed E-state index contributed by atoms with van der Waals surface area (Å²) in [6, 6.07) is 21.5. The summed E-state index contributed by atoms with van der Waals surface area (Å²) in [5, 5.41) is 9.60. The maximum atomic E-state index is 6.24. The van der Waals surface area contributed by atoms with Gasteiger partial charge in [0.1, 0.15) is 5.75 Å². The van der Waals surface area contributed by atoms with E-state index in [1.165, 1.54) is 21.9 Å². The van der Waals surface area contributed by atoms with Gasteiger partial charge < -0.3 is 4.74 Å². The number of hydrazone groups is 1. The SMILES string of the molecule is CC1(C)Oc2ccc(Br)cc2[C@H]2CC(c3ccc4ccccc4c3)=NN21. The topological polar surface area (TPSA) is 24.8 Å². The third-order valence-electron chi connectivity index (χ3n) is 5.24. The molecule has 2 aliphatic rings. The highest BCUT2D eigenvalue weighted by atomic mass is 79.9. The number of benzene rings is 3. The monoisotopic (exact) mass is 406 g/mol. The number of halogens is 1. The highest BCUT2D eigenvalue weighted by Crippen LogP contribution is 2.47. The normalized spacial score (nSPS) is 20.3. The average molecular weight is 407 g/mol. The molecule has 4 heteroatoms. The number of nitrogens with zero attached hydrogens (tertiary/aromatic N) is 2. The van der Waals surface area contributed by atoms with E-state index in [4.69, 9.17) is 9.84 Å². The summed E-state index contributed by atoms with van der Waals surface area (Å²) in [7, 11) is 0. The number of fused-ring (bicyclic) bond motifs is 4. The van der Waals surface area contributed by atoms with Gasteiger partial charge >= 0.3 is 0 Å². The van der Waals surface area contributed by atoms with Gasteiger partial charge in [-0.25, -0.2) is 5.01 Å². The standard InChI is InChI=1S/C22H19BrN2O/c1-22(2)25-20(18-12-17(23)9-10-21(18)26-22)13-19(24-25)16-8-7-14-5-3-4-6-15(14)11-16/h3-12,20H,13H2,1-2H3/t20-/m1/s1. The smallest absolute Gasteiger partial charge is 0.192 e. The first-order valence-corrected chi connectivity index (χ1v) is 9.65. The highest BCUT2D eigenvalue weighted by Gasteiger charge is 2.44. The molecule has 0 radical (unpaired) electrons. The Kier molecular flexibility index (Phi) is 3.41. The van der Waals surface area contributed by atoms with Crippen LogP contribution in [0.2, 0.25) is 0 Å². The fourth-order valence-corrected chi connectivity index (χ4v) is 4.36. The summed E-state index contributed by atoms with van der Waals surface area (Å²) in [6.45, 7) is 4.16. The summed E-state index contributed by atoms with van der Waals surface area (Å²) in [5.41, 5.74) is 3.03. The van der Waals surface area contributed by atoms with Gasteiger partial charge in [-0.3, -0.25) is 0 Å². The zero-order valence-corrected chi connectivity index (χ0v) is 16.3. The minimum Gasteiger partial charge on any atom is -0.467 e. The summed E-state index contributed by atoms with van der Waals surface area (Å²) in [6.07, 6.45) is 0.884. The third-order valence-corrected chi connectivity index (χ3v) is 5.73. The molecule has 0 amide bonds. The molecule has 0 N–H and O–H groups in total. The maximum absolute atomic E-state index is 6.24. The Morgan fingerprint density at radius 3 is 2.69 bits per heavy atom. The molecule has 5 rings (SSSR count). The molecule has 0 unspecified atom stereocenters. The van der Waals surface area contributed by atoms with Crippen LogP contribution in [-0.4, -0.2) is 16.4 Å². The van der Waals surface area contributed by atoms with Crippen LogP contribution in [0.1, 0.15) is 37.4 Å². The average Bonchev–Trinajstić information content (AvgIpc) is 3.09. The molecular weight excluding hydrogens is 388 g/mol. The predicted molar refractivity (Wildman–Crippen MR) is 109 cm³/mol. The van der Waals surface area contributed by atoms with Gasteiger partial charge in [0.05, 0.1) is 11.8 Å². The molecule has 0 aliphatic carbocycles. The summed E-state index contributed by atoms with van der Waals surface area (Å²) >= 11 is 3.59. The molecule has 0 aromatic heterocycles. The maximum Gasteiger partial charge on any atom is 0.192 e. The number of hydrogen-bond acceptors (Lipinski definition) is 3. The Morgan fingerprint density at radius 2 is 1.85 bits per heavy atom. The molecule has 130 valence electrons. The van der Waals surface area contributed by atoms with Crippen LogP contribution in [0, 0.1) is 0 Å². The molecule has 3 aromatic rings. The number of rotatable bonds is 1. The number of ether oxygens (including phenoxy) is 1. The van der Waals surface area contributed by atoms with Gasteiger partial charge in [-0.05, 0) is 54.4 Å². The fraction of sp³-hybridized carbons (Fsp3) is 0.227. The van der Waals surface area contributed by atoms with Crippen LogP contribution in [-0.2, 0) is 0 Å². The van der Waals surface area contributed by atoms with Gasteiger partial charge in [0, 0.05) is 16.5 Å². The van der Waals surface area contributed by atoms with Gasteiger partial charge in [0.25, 0.3) is 0 Å². The van der Waals surface area contributed by atoms with Crippen molar-refractivity contribution in [3.8, 4) is 5.75 Å². The van der Waals surface area contributed by atoms with Gasteiger partial charge in [-0.2, -0.15) is 5.10 Å². The van der Waals surface area contributed by atoms with Crippen molar-refractivity contribution in [3.05, 3.63) is 76.3 Å². The van der Waals surface area contributed by atoms with Gasteiger partial charge in [-0.15, -0.1) is 0 Å². The van der Waals surface area contributed by atoms with Gasteiger partial charge in [-0.1, -0.05) is 52.3 Å². The van der Waals surface area contributed by atoms with E-state index in [1.54, 1.807) is 0 Å². The van der Waals surface area contributed by atoms with E-state index in [9.17, 15) is 0 Å².